The molecule has 8 nitrogen and oxygen atoms in total. The number of hydrogen-bond donors (Lipinski definition) is 1. The third kappa shape index (κ3) is 5.31. The Bertz CT molecular complexity index is 675. The van der Waals surface area contributed by atoms with Crippen LogP contribution in [-0.2, 0) is 29.2 Å². The number of alkyl halides is 5. The van der Waals surface area contributed by atoms with E-state index in [9.17, 15) is 44.3 Å². The normalized spacial score (nSPS) is 15.1. The topological polar surface area (TPSA) is 110 Å². The molecule has 0 radical (unpaired) electrons. The van der Waals surface area contributed by atoms with Gasteiger partial charge in [0, 0.05) is 14.1 Å². The lowest BCUT2D eigenvalue weighted by Crippen LogP contribution is -2.61. The van der Waals surface area contributed by atoms with E-state index in [1.54, 1.807) is 0 Å². The van der Waals surface area contributed by atoms with Crippen molar-refractivity contribution in [2.24, 2.45) is 0 Å². The van der Waals surface area contributed by atoms with E-state index in [2.05, 4.69) is 16.1 Å². The molecule has 0 aromatic heterocycles. The third-order valence-electron chi connectivity index (χ3n) is 2.59. The average Bonchev–Trinajstić information content (AvgIpc) is 2.42. The van der Waals surface area contributed by atoms with Gasteiger partial charge in [0.25, 0.3) is 0 Å². The molecule has 0 aromatic rings. The van der Waals surface area contributed by atoms with Crippen molar-refractivity contribution in [2.75, 3.05) is 20.7 Å². The van der Waals surface area contributed by atoms with E-state index in [0.717, 1.165) is 14.1 Å². The van der Waals surface area contributed by atoms with E-state index in [-0.39, 0.29) is 4.90 Å². The van der Waals surface area contributed by atoms with E-state index >= 15 is 0 Å². The first-order valence-electron chi connectivity index (χ1n) is 6.24. The Morgan fingerprint density at radius 2 is 1.62 bits per heavy atom. The molecule has 1 amide bonds. The van der Waals surface area contributed by atoms with Gasteiger partial charge in [0.15, 0.2) is 0 Å². The molecule has 0 bridgehead atoms. The number of rotatable bonds is 8. The van der Waals surface area contributed by atoms with E-state index < -0.39 is 58.1 Å². The smallest absolute Gasteiger partial charge is 0.410 e. The van der Waals surface area contributed by atoms with Crippen LogP contribution in [0.25, 0.3) is 0 Å². The molecule has 0 spiro atoms. The highest BCUT2D eigenvalue weighted by atomic mass is 32.2. The Kier molecular flexibility index (Phi) is 7.23. The molecular weight excluding hydrogens is 404 g/mol. The molecule has 0 fully saturated rings. The van der Waals surface area contributed by atoms with Crippen LogP contribution in [0.15, 0.2) is 12.4 Å². The molecule has 0 aliphatic heterocycles. The molecular formula is C11H13F6NO7S. The maximum absolute atomic E-state index is 13.3. The molecule has 1 atom stereocenters. The van der Waals surface area contributed by atoms with Crippen LogP contribution in [0.5, 0.6) is 0 Å². The van der Waals surface area contributed by atoms with E-state index in [4.69, 9.17) is 4.55 Å². The standard InChI is InChI=1S/C11H13F6NO7S/c1-6(12)7(19)25-10(11(15,16)17,8(20)18(2)3)24-5-4-9(13,14)26(21,22)23/h1,4-5H2,2-3H3,(H,21,22,23). The highest BCUT2D eigenvalue weighted by molar-refractivity contribution is 7.86. The second-order valence-electron chi connectivity index (χ2n) is 4.82. The summed E-state index contributed by atoms with van der Waals surface area (Å²) in [4.78, 5) is 23.1. The first-order chi connectivity index (χ1) is 11.4. The van der Waals surface area contributed by atoms with Gasteiger partial charge in [-0.05, 0) is 0 Å². The van der Waals surface area contributed by atoms with Crippen LogP contribution >= 0.6 is 0 Å². The summed E-state index contributed by atoms with van der Waals surface area (Å²) in [5, 5.41) is -4.93. The molecule has 0 saturated carbocycles. The number of carbonyl (C=O) groups is 2. The van der Waals surface area contributed by atoms with Crippen LogP contribution in [0.4, 0.5) is 26.3 Å². The van der Waals surface area contributed by atoms with Crippen LogP contribution in [0.3, 0.4) is 0 Å². The second kappa shape index (κ2) is 7.79. The maximum Gasteiger partial charge on any atom is 0.466 e. The quantitative estimate of drug-likeness (QED) is 0.208. The number of ether oxygens (including phenoxy) is 2. The lowest BCUT2D eigenvalue weighted by atomic mass is 10.2. The Labute approximate surface area is 143 Å². The zero-order valence-corrected chi connectivity index (χ0v) is 14.0. The predicted molar refractivity (Wildman–Crippen MR) is 70.9 cm³/mol. The summed E-state index contributed by atoms with van der Waals surface area (Å²) in [6, 6.07) is 0. The largest absolute Gasteiger partial charge is 0.466 e. The average molecular weight is 417 g/mol. The van der Waals surface area contributed by atoms with Crippen molar-refractivity contribution in [3.8, 4) is 0 Å². The highest BCUT2D eigenvalue weighted by Gasteiger charge is 2.67. The van der Waals surface area contributed by atoms with Gasteiger partial charge in [-0.3, -0.25) is 9.35 Å². The van der Waals surface area contributed by atoms with E-state index in [1.807, 2.05) is 0 Å². The Hall–Kier alpha value is -1.87. The Morgan fingerprint density at radius 3 is 1.92 bits per heavy atom. The second-order valence-corrected chi connectivity index (χ2v) is 6.37. The summed E-state index contributed by atoms with van der Waals surface area (Å²) in [6.07, 6.45) is -7.93. The van der Waals surface area contributed by atoms with Crippen molar-refractivity contribution in [3.63, 3.8) is 0 Å². The van der Waals surface area contributed by atoms with Gasteiger partial charge < -0.3 is 14.4 Å². The molecule has 1 N–H and O–H groups in total. The van der Waals surface area contributed by atoms with Gasteiger partial charge in [-0.15, -0.1) is 0 Å². The van der Waals surface area contributed by atoms with Gasteiger partial charge >= 0.3 is 39.2 Å². The van der Waals surface area contributed by atoms with Gasteiger partial charge in [0.1, 0.15) is 0 Å². The van der Waals surface area contributed by atoms with Crippen molar-refractivity contribution >= 4 is 22.0 Å². The van der Waals surface area contributed by atoms with Crippen molar-refractivity contribution in [2.45, 2.75) is 23.6 Å². The number of likely N-dealkylation sites (N-methyl/N-ethyl adjacent to an activating group) is 1. The summed E-state index contributed by atoms with van der Waals surface area (Å²) in [5.74, 6) is -11.1. The minimum absolute atomic E-state index is 0.197. The zero-order chi connectivity index (χ0) is 21.1. The molecule has 0 aliphatic rings. The molecule has 0 aromatic carbocycles. The number of esters is 1. The first kappa shape index (κ1) is 24.1. The molecule has 0 aliphatic carbocycles. The molecule has 0 rings (SSSR count). The van der Waals surface area contributed by atoms with Gasteiger partial charge in [0.2, 0.25) is 5.83 Å². The monoisotopic (exact) mass is 417 g/mol. The Morgan fingerprint density at radius 1 is 1.15 bits per heavy atom. The van der Waals surface area contributed by atoms with Crippen molar-refractivity contribution in [3.05, 3.63) is 12.4 Å². The summed E-state index contributed by atoms with van der Waals surface area (Å²) >= 11 is 0. The van der Waals surface area contributed by atoms with Crippen LogP contribution in [0.1, 0.15) is 6.42 Å². The molecule has 0 heterocycles. The van der Waals surface area contributed by atoms with Crippen LogP contribution in [-0.4, -0.2) is 67.7 Å². The summed E-state index contributed by atoms with van der Waals surface area (Å²) < 4.78 is 116. The lowest BCUT2D eigenvalue weighted by Gasteiger charge is -2.34. The van der Waals surface area contributed by atoms with Crippen LogP contribution in [0, 0.1) is 0 Å². The summed E-state index contributed by atoms with van der Waals surface area (Å²) in [7, 11) is -4.51. The first-order valence-corrected chi connectivity index (χ1v) is 7.68. The number of amides is 1. The molecule has 26 heavy (non-hydrogen) atoms. The molecule has 0 saturated heterocycles. The molecule has 15 heteroatoms. The predicted octanol–water partition coefficient (Wildman–Crippen LogP) is 1.25. The highest BCUT2D eigenvalue weighted by Crippen LogP contribution is 2.38. The minimum atomic E-state index is -6.00. The fourth-order valence-electron chi connectivity index (χ4n) is 1.32. The number of halogens is 6. The number of hydrogen-bond acceptors (Lipinski definition) is 6. The maximum atomic E-state index is 13.3. The van der Waals surface area contributed by atoms with Crippen molar-refractivity contribution < 1.29 is 58.4 Å². The third-order valence-corrected chi connectivity index (χ3v) is 3.55. The summed E-state index contributed by atoms with van der Waals surface area (Å²) in [5.41, 5.74) is 0. The molecule has 1 unspecified atom stereocenters. The van der Waals surface area contributed by atoms with E-state index in [0.29, 0.717) is 0 Å². The summed E-state index contributed by atoms with van der Waals surface area (Å²) in [6.45, 7) is 0.521. The lowest BCUT2D eigenvalue weighted by molar-refractivity contribution is -0.351. The van der Waals surface area contributed by atoms with Crippen LogP contribution in [0.2, 0.25) is 0 Å². The van der Waals surface area contributed by atoms with Crippen molar-refractivity contribution in [1.82, 2.24) is 4.90 Å². The Balaban J connectivity index is 5.88. The van der Waals surface area contributed by atoms with E-state index in [1.165, 1.54) is 0 Å². The zero-order valence-electron chi connectivity index (χ0n) is 13.1. The molecule has 152 valence electrons. The minimum Gasteiger partial charge on any atom is -0.410 e. The fraction of sp³-hybridized carbons (Fsp3) is 0.636. The van der Waals surface area contributed by atoms with Crippen molar-refractivity contribution in [1.29, 1.82) is 0 Å². The number of nitrogens with zero attached hydrogens (tertiary/aromatic N) is 1. The number of carbonyl (C=O) groups excluding carboxylic acids is 2. The van der Waals surface area contributed by atoms with Gasteiger partial charge in [-0.2, -0.15) is 34.8 Å². The van der Waals surface area contributed by atoms with Crippen LogP contribution < -0.4 is 0 Å². The van der Waals surface area contributed by atoms with Gasteiger partial charge in [-0.25, -0.2) is 4.79 Å². The van der Waals surface area contributed by atoms with Gasteiger partial charge in [0.05, 0.1) is 13.0 Å². The fourth-order valence-corrected chi connectivity index (χ4v) is 1.66. The van der Waals surface area contributed by atoms with Gasteiger partial charge in [-0.1, -0.05) is 6.58 Å². The SMILES string of the molecule is C=C(F)C(=O)OC(OCCC(F)(F)S(=O)(=O)O)(C(=O)N(C)C)C(F)(F)F.